The highest BCUT2D eigenvalue weighted by Gasteiger charge is 2.23. The minimum atomic E-state index is -3.94. The van der Waals surface area contributed by atoms with E-state index in [9.17, 15) is 49.7 Å². The van der Waals surface area contributed by atoms with Gasteiger partial charge in [-0.25, -0.2) is 31.3 Å². The van der Waals surface area contributed by atoms with Crippen molar-refractivity contribution >= 4 is 44.8 Å². The lowest BCUT2D eigenvalue weighted by Crippen LogP contribution is -2.20. The van der Waals surface area contributed by atoms with Crippen molar-refractivity contribution in [2.24, 2.45) is 5.41 Å². The number of nitro groups is 1. The second kappa shape index (κ2) is 41.4. The highest BCUT2D eigenvalue weighted by Crippen LogP contribution is 2.30. The van der Waals surface area contributed by atoms with Crippen LogP contribution in [0, 0.1) is 98.9 Å². The number of nitrogens with zero attached hydrogens (tertiary/aromatic N) is 2. The zero-order valence-electron chi connectivity index (χ0n) is 59.4. The molecule has 0 spiro atoms. The number of hydrogen-bond donors (Lipinski definition) is 0. The van der Waals surface area contributed by atoms with E-state index in [2.05, 4.69) is 24.0 Å². The summed E-state index contributed by atoms with van der Waals surface area (Å²) in [7, 11) is -2.28. The summed E-state index contributed by atoms with van der Waals surface area (Å²) in [6, 6.07) is 64.2. The summed E-state index contributed by atoms with van der Waals surface area (Å²) >= 11 is 11.6. The van der Waals surface area contributed by atoms with Gasteiger partial charge < -0.3 is 27.9 Å². The van der Waals surface area contributed by atoms with E-state index < -0.39 is 49.9 Å². The van der Waals surface area contributed by atoms with E-state index in [-0.39, 0.29) is 43.1 Å². The van der Waals surface area contributed by atoms with Gasteiger partial charge in [-0.3, -0.25) is 14.9 Å². The first-order valence-electron chi connectivity index (χ1n) is 32.1. The number of Topliss-reactive ketones (excluding diaryl/α,β-unsaturated/α-hetero) is 1. The number of hydrogen-bond acceptors (Lipinski definition) is 12. The van der Waals surface area contributed by atoms with Gasteiger partial charge in [0.15, 0.2) is 46.4 Å². The van der Waals surface area contributed by atoms with Crippen LogP contribution >= 0.6 is 23.2 Å². The number of methoxy groups -OCH3 is 1. The molecule has 0 saturated carbocycles. The lowest BCUT2D eigenvalue weighted by atomic mass is 9.86. The van der Waals surface area contributed by atoms with Crippen LogP contribution in [0.4, 0.5) is 32.0 Å². The molecule has 0 bridgehead atoms. The van der Waals surface area contributed by atoms with Crippen LogP contribution in [-0.2, 0) is 23.3 Å². The Hall–Kier alpha value is -10.7. The Bertz CT molecular complexity index is 4530. The Morgan fingerprint density at radius 3 is 1.52 bits per heavy atom. The summed E-state index contributed by atoms with van der Waals surface area (Å²) in [5, 5.41) is 10.9. The molecule has 104 heavy (non-hydrogen) atoms. The van der Waals surface area contributed by atoms with Gasteiger partial charge in [0.1, 0.15) is 53.1 Å². The van der Waals surface area contributed by atoms with Crippen LogP contribution in [0.2, 0.25) is 10.0 Å². The number of ketones is 1. The maximum absolute atomic E-state index is 12.4. The molecule has 0 atom stereocenters. The van der Waals surface area contributed by atoms with Crippen LogP contribution in [0.3, 0.4) is 0 Å². The number of halogens is 8. The lowest BCUT2D eigenvalue weighted by Gasteiger charge is -2.16. The predicted octanol–water partition coefficient (Wildman–Crippen LogP) is 22.8. The number of aromatic nitrogens is 1. The van der Waals surface area contributed by atoms with Crippen molar-refractivity contribution in [2.45, 2.75) is 94.3 Å². The van der Waals surface area contributed by atoms with E-state index in [0.29, 0.717) is 43.1 Å². The van der Waals surface area contributed by atoms with Crippen LogP contribution in [0.5, 0.6) is 40.4 Å². The SMILES string of the molecule is CCOc1ccc(C)cc1OCc1ccccc1.COc1ccc(COc2ccc(C)cc2)cc1.Cc1cc(F)c(F)c(F)c1.Cc1cc(F)cc(F)c1F.Cc1ccc(OS(=O)(=O)c2cc(Cl)cc(Cl)c2)cc1.Cc1ccc(Oc2ccc([N+](=O)[O-])cn2)cc1.Cc1cccc(C(=O)C(C)(C)C)c1. The molecule has 0 aliphatic rings. The fourth-order valence-corrected chi connectivity index (χ4v) is 10.2. The van der Waals surface area contributed by atoms with Crippen molar-refractivity contribution in [1.82, 2.24) is 4.98 Å². The molecule has 13 nitrogen and oxygen atoms in total. The van der Waals surface area contributed by atoms with Crippen molar-refractivity contribution in [3.63, 3.8) is 0 Å². The van der Waals surface area contributed by atoms with Gasteiger partial charge in [0.25, 0.3) is 5.69 Å². The van der Waals surface area contributed by atoms with Crippen molar-refractivity contribution < 1.29 is 72.3 Å². The first-order chi connectivity index (χ1) is 49.2. The minimum Gasteiger partial charge on any atom is -0.497 e. The van der Waals surface area contributed by atoms with Gasteiger partial charge >= 0.3 is 10.1 Å². The summed E-state index contributed by atoms with van der Waals surface area (Å²) < 4.78 is 130. The molecular formula is C82H80Cl2F6N2O11S. The molecule has 0 aliphatic heterocycles. The number of pyridine rings is 1. The average molecular weight is 1490 g/mol. The molecule has 11 rings (SSSR count). The first kappa shape index (κ1) is 84.0. The minimum absolute atomic E-state index is 0.0162. The first-order valence-corrected chi connectivity index (χ1v) is 34.3. The van der Waals surface area contributed by atoms with Gasteiger partial charge in [-0.15, -0.1) is 0 Å². The Kier molecular flexibility index (Phi) is 33.5. The summed E-state index contributed by atoms with van der Waals surface area (Å²) in [4.78, 5) is 25.5. The summed E-state index contributed by atoms with van der Waals surface area (Å²) in [5.74, 6) is -1.78. The fourth-order valence-electron chi connectivity index (χ4n) is 8.56. The largest absolute Gasteiger partial charge is 0.497 e. The van der Waals surface area contributed by atoms with Gasteiger partial charge in [-0.2, -0.15) is 8.42 Å². The second-order valence-electron chi connectivity index (χ2n) is 24.1. The quantitative estimate of drug-likeness (QED) is 0.0171. The van der Waals surface area contributed by atoms with Crippen LogP contribution in [0.25, 0.3) is 0 Å². The molecule has 0 unspecified atom stereocenters. The second-order valence-corrected chi connectivity index (χ2v) is 26.5. The third kappa shape index (κ3) is 29.7. The molecule has 0 saturated heterocycles. The molecule has 0 fully saturated rings. The normalized spacial score (nSPS) is 10.4. The van der Waals surface area contributed by atoms with Crippen molar-refractivity contribution in [3.8, 4) is 40.4 Å². The molecule has 10 aromatic carbocycles. The molecule has 0 N–H and O–H groups in total. The van der Waals surface area contributed by atoms with E-state index in [4.69, 9.17) is 51.1 Å². The Balaban J connectivity index is 0.000000221. The molecular weight excluding hydrogens is 1410 g/mol. The molecule has 546 valence electrons. The zero-order chi connectivity index (χ0) is 76.7. The van der Waals surface area contributed by atoms with Crippen molar-refractivity contribution in [2.75, 3.05) is 13.7 Å². The van der Waals surface area contributed by atoms with Gasteiger partial charge in [0, 0.05) is 39.2 Å². The number of carbonyl (C=O) groups excluding carboxylic acids is 1. The van der Waals surface area contributed by atoms with E-state index in [1.54, 1.807) is 31.4 Å². The standard InChI is InChI=1S/C16H18O2.C15H16O2.C13H10Cl2O3S.C12H10N2O3.C12H16O.2C7H5F3/c1-3-17-15-10-9-13(2)11-16(15)18-12-14-7-5-4-6-8-14;1-12-3-7-15(8-4-12)17-11-13-5-9-14(16-2)10-6-13;1-9-2-4-12(5-3-9)18-19(16,17)13-7-10(14)6-11(15)8-13;1-9-2-5-11(6-3-9)17-12-7-4-10(8-13-12)14(15)16;1-9-6-5-7-10(8-9)11(13)12(2,3)4;1-4-2-5(8)3-6(9)7(4)10;1-4-2-5(8)7(10)6(9)3-4/h4-11H,3,12H2,1-2H3;3-10H,11H2,1-2H3;2-8H,1H3;2-8H,1H3;5-8H,1-4H3;2*2-3H,1H3. The smallest absolute Gasteiger partial charge is 0.339 e. The molecule has 0 aliphatic carbocycles. The number of ether oxygens (including phenoxy) is 5. The molecule has 0 amide bonds. The number of rotatable bonds is 16. The van der Waals surface area contributed by atoms with E-state index >= 15 is 0 Å². The number of benzene rings is 10. The highest BCUT2D eigenvalue weighted by molar-refractivity contribution is 7.87. The van der Waals surface area contributed by atoms with E-state index in [1.165, 1.54) is 61.5 Å². The van der Waals surface area contributed by atoms with Gasteiger partial charge in [0.2, 0.25) is 5.88 Å². The maximum Gasteiger partial charge on any atom is 0.339 e. The molecule has 22 heteroatoms. The van der Waals surface area contributed by atoms with Crippen LogP contribution in [0.15, 0.2) is 236 Å². The van der Waals surface area contributed by atoms with E-state index in [0.717, 1.165) is 74.6 Å². The predicted molar refractivity (Wildman–Crippen MR) is 396 cm³/mol. The monoisotopic (exact) mass is 1480 g/mol. The zero-order valence-corrected chi connectivity index (χ0v) is 61.7. The van der Waals surface area contributed by atoms with Gasteiger partial charge in [-0.05, 0) is 186 Å². The Morgan fingerprint density at radius 1 is 0.500 bits per heavy atom. The third-order valence-corrected chi connectivity index (χ3v) is 15.7. The summed E-state index contributed by atoms with van der Waals surface area (Å²) in [6.07, 6.45) is 1.17. The number of carbonyl (C=O) groups is 1. The molecule has 0 radical (unpaired) electrons. The topological polar surface area (TPSA) is 163 Å². The average Bonchev–Trinajstić information content (AvgIpc) is 0.822. The van der Waals surface area contributed by atoms with E-state index in [1.807, 2.05) is 189 Å². The molecule has 1 aromatic heterocycles. The molecule has 11 aromatic rings. The van der Waals surface area contributed by atoms with Crippen LogP contribution in [-0.4, -0.2) is 37.8 Å². The van der Waals surface area contributed by atoms with Gasteiger partial charge in [0.05, 0.1) is 18.6 Å². The fraction of sp³-hybridized carbons (Fsp3) is 0.195. The molecule has 1 heterocycles. The lowest BCUT2D eigenvalue weighted by molar-refractivity contribution is -0.385. The van der Waals surface area contributed by atoms with Crippen molar-refractivity contribution in [3.05, 3.63) is 341 Å². The number of aryl methyl sites for hydroxylation is 7. The third-order valence-electron chi connectivity index (χ3n) is 14.0. The highest BCUT2D eigenvalue weighted by atomic mass is 35.5. The Morgan fingerprint density at radius 2 is 1.01 bits per heavy atom. The summed E-state index contributed by atoms with van der Waals surface area (Å²) in [5.41, 5.74) is 8.80. The van der Waals surface area contributed by atoms with Crippen LogP contribution < -0.4 is 27.9 Å². The van der Waals surface area contributed by atoms with Crippen LogP contribution in [0.1, 0.15) is 88.1 Å². The summed E-state index contributed by atoms with van der Waals surface area (Å²) in [6.45, 7) is 22.4. The maximum atomic E-state index is 12.4. The van der Waals surface area contributed by atoms with Crippen molar-refractivity contribution in [1.29, 1.82) is 0 Å². The Labute approximate surface area is 613 Å². The van der Waals surface area contributed by atoms with Gasteiger partial charge in [-0.1, -0.05) is 169 Å².